The topological polar surface area (TPSA) is 93.8 Å². The van der Waals surface area contributed by atoms with E-state index in [1.807, 2.05) is 18.2 Å². The number of anilines is 1. The van der Waals surface area contributed by atoms with Crippen LogP contribution in [-0.2, 0) is 6.42 Å². The number of amides is 1. The molecule has 0 bridgehead atoms. The predicted molar refractivity (Wildman–Crippen MR) is 86.7 cm³/mol. The van der Waals surface area contributed by atoms with E-state index in [9.17, 15) is 4.79 Å². The second kappa shape index (κ2) is 6.48. The average Bonchev–Trinajstić information content (AvgIpc) is 2.94. The first-order valence-corrected chi connectivity index (χ1v) is 7.75. The lowest BCUT2D eigenvalue weighted by Crippen LogP contribution is -2.26. The molecule has 3 rings (SSSR count). The van der Waals surface area contributed by atoms with Gasteiger partial charge in [0, 0.05) is 25.4 Å². The molecule has 2 aromatic heterocycles. The fourth-order valence-corrected chi connectivity index (χ4v) is 3.08. The number of nitrogens with one attached hydrogen (secondary N) is 1. The van der Waals surface area contributed by atoms with Crippen molar-refractivity contribution in [1.29, 1.82) is 0 Å². The van der Waals surface area contributed by atoms with Crippen LogP contribution in [0.2, 0.25) is 0 Å². The maximum Gasteiger partial charge on any atom is 0.273 e. The number of hydrogen-bond donors (Lipinski definition) is 2. The Labute approximate surface area is 131 Å². The van der Waals surface area contributed by atoms with Gasteiger partial charge in [-0.15, -0.1) is 11.3 Å². The second-order valence-electron chi connectivity index (χ2n) is 4.72. The molecule has 0 atom stereocenters. The molecule has 1 aromatic carbocycles. The molecule has 0 radical (unpaired) electrons. The van der Waals surface area contributed by atoms with Gasteiger partial charge < -0.3 is 11.1 Å². The number of hydrogen-bond acceptors (Lipinski definition) is 6. The summed E-state index contributed by atoms with van der Waals surface area (Å²) in [5, 5.41) is 3.88. The summed E-state index contributed by atoms with van der Waals surface area (Å²) < 4.78 is 1.19. The van der Waals surface area contributed by atoms with Crippen molar-refractivity contribution >= 4 is 33.3 Å². The lowest BCUT2D eigenvalue weighted by Gasteiger charge is -2.04. The number of carbonyl (C=O) groups is 1. The molecule has 0 spiro atoms. The van der Waals surface area contributed by atoms with E-state index in [0.29, 0.717) is 6.54 Å². The van der Waals surface area contributed by atoms with Crippen molar-refractivity contribution in [2.75, 3.05) is 12.3 Å². The average molecular weight is 313 g/mol. The summed E-state index contributed by atoms with van der Waals surface area (Å²) in [7, 11) is 0. The van der Waals surface area contributed by atoms with E-state index >= 15 is 0 Å². The number of para-hydroxylation sites is 1. The molecule has 22 heavy (non-hydrogen) atoms. The largest absolute Gasteiger partial charge is 0.382 e. The van der Waals surface area contributed by atoms with Gasteiger partial charge in [-0.3, -0.25) is 4.79 Å². The van der Waals surface area contributed by atoms with Crippen molar-refractivity contribution in [2.24, 2.45) is 0 Å². The van der Waals surface area contributed by atoms with Gasteiger partial charge in [-0.05, 0) is 18.6 Å². The van der Waals surface area contributed by atoms with E-state index in [2.05, 4.69) is 26.3 Å². The Bertz CT molecular complexity index is 768. The van der Waals surface area contributed by atoms with Crippen LogP contribution in [-0.4, -0.2) is 27.4 Å². The summed E-state index contributed by atoms with van der Waals surface area (Å²) in [6.45, 7) is 0.546. The van der Waals surface area contributed by atoms with Crippen LogP contribution in [0.1, 0.15) is 21.9 Å². The fraction of sp³-hybridized carbons (Fsp3) is 0.200. The number of aromatic nitrogens is 3. The first-order chi connectivity index (χ1) is 10.7. The number of aryl methyl sites for hydroxylation is 1. The Kier molecular flexibility index (Phi) is 4.24. The smallest absolute Gasteiger partial charge is 0.273 e. The summed E-state index contributed by atoms with van der Waals surface area (Å²) in [6, 6.07) is 8.07. The van der Waals surface area contributed by atoms with Crippen LogP contribution in [0.3, 0.4) is 0 Å². The highest BCUT2D eigenvalue weighted by molar-refractivity contribution is 7.18. The van der Waals surface area contributed by atoms with Crippen molar-refractivity contribution in [3.63, 3.8) is 0 Å². The number of nitrogen functional groups attached to an aromatic ring is 1. The summed E-state index contributed by atoms with van der Waals surface area (Å²) in [5.41, 5.74) is 6.81. The van der Waals surface area contributed by atoms with E-state index in [4.69, 9.17) is 5.73 Å². The quantitative estimate of drug-likeness (QED) is 0.703. The number of nitrogens with two attached hydrogens (primary N) is 1. The number of fused-ring (bicyclic) bond motifs is 1. The molecule has 2 heterocycles. The molecule has 0 aliphatic rings. The van der Waals surface area contributed by atoms with E-state index in [-0.39, 0.29) is 17.4 Å². The van der Waals surface area contributed by atoms with Gasteiger partial charge in [0.15, 0.2) is 11.5 Å². The molecule has 0 aliphatic carbocycles. The maximum atomic E-state index is 11.9. The van der Waals surface area contributed by atoms with E-state index in [1.54, 1.807) is 11.3 Å². The molecule has 0 unspecified atom stereocenters. The van der Waals surface area contributed by atoms with Gasteiger partial charge >= 0.3 is 0 Å². The SMILES string of the molecule is Nc1nccnc1C(=O)NCCCc1nc2ccccc2s1. The van der Waals surface area contributed by atoms with Crippen LogP contribution in [0.4, 0.5) is 5.82 Å². The van der Waals surface area contributed by atoms with Gasteiger partial charge in [-0.2, -0.15) is 0 Å². The maximum absolute atomic E-state index is 11.9. The number of nitrogens with zero attached hydrogens (tertiary/aromatic N) is 3. The van der Waals surface area contributed by atoms with Crippen molar-refractivity contribution < 1.29 is 4.79 Å². The van der Waals surface area contributed by atoms with Crippen molar-refractivity contribution in [2.45, 2.75) is 12.8 Å². The zero-order chi connectivity index (χ0) is 15.4. The normalized spacial score (nSPS) is 10.7. The highest BCUT2D eigenvalue weighted by Gasteiger charge is 2.11. The van der Waals surface area contributed by atoms with Crippen LogP contribution in [0, 0.1) is 0 Å². The van der Waals surface area contributed by atoms with Crippen molar-refractivity contribution in [3.05, 3.63) is 47.4 Å². The van der Waals surface area contributed by atoms with Crippen LogP contribution < -0.4 is 11.1 Å². The number of benzene rings is 1. The van der Waals surface area contributed by atoms with Crippen LogP contribution in [0.25, 0.3) is 10.2 Å². The lowest BCUT2D eigenvalue weighted by molar-refractivity contribution is 0.0949. The van der Waals surface area contributed by atoms with Gasteiger partial charge in [0.25, 0.3) is 5.91 Å². The Hall–Kier alpha value is -2.54. The van der Waals surface area contributed by atoms with Gasteiger partial charge in [-0.25, -0.2) is 15.0 Å². The predicted octanol–water partition coefficient (Wildman–Crippen LogP) is 2.03. The summed E-state index contributed by atoms with van der Waals surface area (Å²) in [6.07, 6.45) is 4.55. The molecule has 112 valence electrons. The zero-order valence-corrected chi connectivity index (χ0v) is 12.6. The molecule has 7 heteroatoms. The fourth-order valence-electron chi connectivity index (χ4n) is 2.08. The lowest BCUT2D eigenvalue weighted by atomic mass is 10.3. The minimum absolute atomic E-state index is 0.145. The minimum Gasteiger partial charge on any atom is -0.382 e. The molecule has 0 fully saturated rings. The molecule has 0 aliphatic heterocycles. The van der Waals surface area contributed by atoms with E-state index in [0.717, 1.165) is 23.4 Å². The summed E-state index contributed by atoms with van der Waals surface area (Å²) in [4.78, 5) is 24.3. The molecular weight excluding hydrogens is 298 g/mol. The van der Waals surface area contributed by atoms with E-state index < -0.39 is 0 Å². The number of thiazole rings is 1. The van der Waals surface area contributed by atoms with E-state index in [1.165, 1.54) is 17.1 Å². The molecule has 3 aromatic rings. The monoisotopic (exact) mass is 313 g/mol. The molecule has 3 N–H and O–H groups in total. The van der Waals surface area contributed by atoms with Gasteiger partial charge in [0.1, 0.15) is 0 Å². The molecule has 0 saturated carbocycles. The van der Waals surface area contributed by atoms with Crippen LogP contribution in [0.5, 0.6) is 0 Å². The Morgan fingerprint density at radius 1 is 1.23 bits per heavy atom. The number of rotatable bonds is 5. The van der Waals surface area contributed by atoms with Crippen molar-refractivity contribution in [1.82, 2.24) is 20.3 Å². The van der Waals surface area contributed by atoms with Crippen molar-refractivity contribution in [3.8, 4) is 0 Å². The molecule has 1 amide bonds. The summed E-state index contributed by atoms with van der Waals surface area (Å²) in [5.74, 6) is -0.152. The minimum atomic E-state index is -0.296. The summed E-state index contributed by atoms with van der Waals surface area (Å²) >= 11 is 1.69. The second-order valence-corrected chi connectivity index (χ2v) is 5.84. The Balaban J connectivity index is 1.51. The third-order valence-electron chi connectivity index (χ3n) is 3.13. The van der Waals surface area contributed by atoms with Crippen LogP contribution >= 0.6 is 11.3 Å². The third kappa shape index (κ3) is 3.20. The highest BCUT2D eigenvalue weighted by atomic mass is 32.1. The Morgan fingerprint density at radius 3 is 2.86 bits per heavy atom. The zero-order valence-electron chi connectivity index (χ0n) is 11.8. The standard InChI is InChI=1S/C15H15N5OS/c16-14-13(17-8-9-18-14)15(21)19-7-3-6-12-20-10-4-1-2-5-11(10)22-12/h1-2,4-5,8-9H,3,6-7H2,(H2,16,18)(H,19,21). The first-order valence-electron chi connectivity index (χ1n) is 6.93. The van der Waals surface area contributed by atoms with Gasteiger partial charge in [0.2, 0.25) is 0 Å². The Morgan fingerprint density at radius 2 is 2.05 bits per heavy atom. The highest BCUT2D eigenvalue weighted by Crippen LogP contribution is 2.22. The third-order valence-corrected chi connectivity index (χ3v) is 4.23. The van der Waals surface area contributed by atoms with Gasteiger partial charge in [0.05, 0.1) is 15.2 Å². The molecular formula is C15H15N5OS. The molecule has 6 nitrogen and oxygen atoms in total. The molecule has 0 saturated heterocycles. The van der Waals surface area contributed by atoms with Crippen LogP contribution in [0.15, 0.2) is 36.7 Å². The van der Waals surface area contributed by atoms with Gasteiger partial charge in [-0.1, -0.05) is 12.1 Å². The number of carbonyl (C=O) groups excluding carboxylic acids is 1. The first kappa shape index (κ1) is 14.4.